The number of aromatic nitrogens is 1. The van der Waals surface area contributed by atoms with Gasteiger partial charge in [-0.1, -0.05) is 18.2 Å². The molecule has 2 aliphatic rings. The predicted molar refractivity (Wildman–Crippen MR) is 85.1 cm³/mol. The number of hydrogen-bond acceptors (Lipinski definition) is 4. The third kappa shape index (κ3) is 2.59. The number of esters is 1. The van der Waals surface area contributed by atoms with Gasteiger partial charge < -0.3 is 14.6 Å². The summed E-state index contributed by atoms with van der Waals surface area (Å²) in [6, 6.07) is 9.65. The van der Waals surface area contributed by atoms with Crippen LogP contribution in [0.15, 0.2) is 30.3 Å². The lowest BCUT2D eigenvalue weighted by molar-refractivity contribution is -0.142. The Hall–Kier alpha value is -2.34. The molecule has 0 bridgehead atoms. The number of benzene rings is 1. The normalized spacial score (nSPS) is 22.5. The van der Waals surface area contributed by atoms with Gasteiger partial charge in [0.25, 0.3) is 5.91 Å². The summed E-state index contributed by atoms with van der Waals surface area (Å²) in [6.45, 7) is 3.21. The molecule has 120 valence electrons. The smallest absolute Gasteiger partial charge is 0.323 e. The Morgan fingerprint density at radius 1 is 1.17 bits per heavy atom. The van der Waals surface area contributed by atoms with Crippen LogP contribution in [0.1, 0.15) is 16.9 Å². The fourth-order valence-electron chi connectivity index (χ4n) is 3.41. The molecule has 6 heteroatoms. The first kappa shape index (κ1) is 14.3. The van der Waals surface area contributed by atoms with Crippen molar-refractivity contribution in [3.63, 3.8) is 0 Å². The molecule has 1 aromatic heterocycles. The first-order valence-corrected chi connectivity index (χ1v) is 8.00. The fraction of sp³-hybridized carbons (Fsp3) is 0.412. The van der Waals surface area contributed by atoms with E-state index >= 15 is 0 Å². The molecule has 1 aromatic carbocycles. The van der Waals surface area contributed by atoms with E-state index in [0.29, 0.717) is 38.5 Å². The van der Waals surface area contributed by atoms with Gasteiger partial charge in [0.1, 0.15) is 11.7 Å². The van der Waals surface area contributed by atoms with Crippen LogP contribution in [-0.2, 0) is 9.53 Å². The Morgan fingerprint density at radius 3 is 2.65 bits per heavy atom. The molecule has 2 aromatic rings. The first-order valence-electron chi connectivity index (χ1n) is 8.00. The Bertz CT molecular complexity index is 713. The summed E-state index contributed by atoms with van der Waals surface area (Å²) >= 11 is 0. The van der Waals surface area contributed by atoms with E-state index in [1.807, 2.05) is 35.2 Å². The molecule has 1 atom stereocenters. The van der Waals surface area contributed by atoms with E-state index < -0.39 is 0 Å². The third-order valence-electron chi connectivity index (χ3n) is 4.71. The van der Waals surface area contributed by atoms with E-state index in [2.05, 4.69) is 9.88 Å². The number of piperazine rings is 1. The van der Waals surface area contributed by atoms with Crippen LogP contribution in [0.4, 0.5) is 0 Å². The van der Waals surface area contributed by atoms with Crippen molar-refractivity contribution in [3.05, 3.63) is 36.0 Å². The van der Waals surface area contributed by atoms with Gasteiger partial charge in [0.05, 0.1) is 6.61 Å². The van der Waals surface area contributed by atoms with E-state index in [4.69, 9.17) is 4.74 Å². The number of carbonyl (C=O) groups excluding carboxylic acids is 2. The number of aromatic amines is 1. The van der Waals surface area contributed by atoms with Crippen LogP contribution in [0.5, 0.6) is 0 Å². The summed E-state index contributed by atoms with van der Waals surface area (Å²) in [6.07, 6.45) is 0.759. The minimum absolute atomic E-state index is 0.0230. The topological polar surface area (TPSA) is 65.6 Å². The van der Waals surface area contributed by atoms with Gasteiger partial charge in [0.15, 0.2) is 0 Å². The molecule has 0 aliphatic carbocycles. The summed E-state index contributed by atoms with van der Waals surface area (Å²) in [7, 11) is 0. The van der Waals surface area contributed by atoms with Crippen LogP contribution in [0.25, 0.3) is 10.9 Å². The zero-order valence-corrected chi connectivity index (χ0v) is 12.8. The number of para-hydroxylation sites is 1. The quantitative estimate of drug-likeness (QED) is 0.847. The van der Waals surface area contributed by atoms with Gasteiger partial charge in [-0.2, -0.15) is 0 Å². The van der Waals surface area contributed by atoms with Gasteiger partial charge in [-0.3, -0.25) is 14.5 Å². The van der Waals surface area contributed by atoms with E-state index in [1.165, 1.54) is 0 Å². The number of ether oxygens (including phenoxy) is 1. The van der Waals surface area contributed by atoms with Gasteiger partial charge in [0, 0.05) is 43.5 Å². The minimum Gasteiger partial charge on any atom is -0.464 e. The number of nitrogens with one attached hydrogen (secondary N) is 1. The number of carbonyl (C=O) groups is 2. The number of nitrogens with zero attached hydrogens (tertiary/aromatic N) is 2. The molecule has 23 heavy (non-hydrogen) atoms. The Labute approximate surface area is 134 Å². The Balaban J connectivity index is 1.43. The number of fused-ring (bicyclic) bond motifs is 1. The Morgan fingerprint density at radius 2 is 1.96 bits per heavy atom. The highest BCUT2D eigenvalue weighted by Crippen LogP contribution is 2.19. The lowest BCUT2D eigenvalue weighted by Crippen LogP contribution is -2.53. The van der Waals surface area contributed by atoms with Gasteiger partial charge in [-0.15, -0.1) is 0 Å². The maximum atomic E-state index is 12.6. The average Bonchev–Trinajstić information content (AvgIpc) is 3.20. The number of rotatable bonds is 2. The van der Waals surface area contributed by atoms with E-state index in [1.54, 1.807) is 0 Å². The molecular formula is C17H19N3O3. The first-order chi connectivity index (χ1) is 11.2. The van der Waals surface area contributed by atoms with Crippen molar-refractivity contribution in [2.75, 3.05) is 32.8 Å². The van der Waals surface area contributed by atoms with Crippen molar-refractivity contribution >= 4 is 22.8 Å². The molecule has 0 spiro atoms. The highest BCUT2D eigenvalue weighted by molar-refractivity contribution is 5.98. The summed E-state index contributed by atoms with van der Waals surface area (Å²) in [5.41, 5.74) is 1.60. The van der Waals surface area contributed by atoms with Crippen molar-refractivity contribution in [1.29, 1.82) is 0 Å². The molecule has 0 unspecified atom stereocenters. The summed E-state index contributed by atoms with van der Waals surface area (Å²) in [5, 5.41) is 1.04. The molecule has 0 saturated carbocycles. The highest BCUT2D eigenvalue weighted by Gasteiger charge is 2.35. The van der Waals surface area contributed by atoms with Crippen LogP contribution in [0.2, 0.25) is 0 Å². The third-order valence-corrected chi connectivity index (χ3v) is 4.71. The van der Waals surface area contributed by atoms with E-state index in [-0.39, 0.29) is 17.9 Å². The fourth-order valence-corrected chi connectivity index (χ4v) is 3.41. The molecule has 2 saturated heterocycles. The average molecular weight is 313 g/mol. The van der Waals surface area contributed by atoms with Crippen molar-refractivity contribution in [3.8, 4) is 0 Å². The van der Waals surface area contributed by atoms with E-state index in [9.17, 15) is 9.59 Å². The maximum absolute atomic E-state index is 12.6. The summed E-state index contributed by atoms with van der Waals surface area (Å²) in [4.78, 5) is 31.5. The summed E-state index contributed by atoms with van der Waals surface area (Å²) < 4.78 is 5.03. The standard InChI is InChI=1S/C17H19N3O3/c21-16(14-11-12-3-1-2-4-13(12)18-14)20-8-6-19(7-9-20)15-5-10-23-17(15)22/h1-4,11,15,18H,5-10H2/t15-/m0/s1. The van der Waals surface area contributed by atoms with Crippen LogP contribution in [0, 0.1) is 0 Å². The number of amides is 1. The van der Waals surface area contributed by atoms with Crippen LogP contribution in [0.3, 0.4) is 0 Å². The SMILES string of the molecule is O=C1OCC[C@@H]1N1CCN(C(=O)c2cc3ccccc3[nH]2)CC1. The van der Waals surface area contributed by atoms with Crippen LogP contribution < -0.4 is 0 Å². The monoisotopic (exact) mass is 313 g/mol. The molecule has 6 nitrogen and oxygen atoms in total. The second-order valence-electron chi connectivity index (χ2n) is 6.07. The lowest BCUT2D eigenvalue weighted by Gasteiger charge is -2.36. The number of cyclic esters (lactones) is 1. The second kappa shape index (κ2) is 5.70. The minimum atomic E-state index is -0.125. The molecule has 4 rings (SSSR count). The lowest BCUT2D eigenvalue weighted by atomic mass is 10.1. The molecule has 1 N–H and O–H groups in total. The highest BCUT2D eigenvalue weighted by atomic mass is 16.5. The summed E-state index contributed by atoms with van der Waals surface area (Å²) in [5.74, 6) is -0.102. The van der Waals surface area contributed by atoms with Crippen molar-refractivity contribution in [2.45, 2.75) is 12.5 Å². The van der Waals surface area contributed by atoms with Gasteiger partial charge >= 0.3 is 5.97 Å². The van der Waals surface area contributed by atoms with Gasteiger partial charge in [-0.05, 0) is 12.1 Å². The zero-order valence-electron chi connectivity index (χ0n) is 12.8. The van der Waals surface area contributed by atoms with E-state index in [0.717, 1.165) is 17.3 Å². The molecule has 0 radical (unpaired) electrons. The van der Waals surface area contributed by atoms with Gasteiger partial charge in [-0.25, -0.2) is 0 Å². The largest absolute Gasteiger partial charge is 0.464 e. The Kier molecular flexibility index (Phi) is 3.53. The maximum Gasteiger partial charge on any atom is 0.323 e. The van der Waals surface area contributed by atoms with Crippen molar-refractivity contribution < 1.29 is 14.3 Å². The molecule has 2 aliphatic heterocycles. The van der Waals surface area contributed by atoms with Gasteiger partial charge in [0.2, 0.25) is 0 Å². The second-order valence-corrected chi connectivity index (χ2v) is 6.07. The van der Waals surface area contributed by atoms with Crippen LogP contribution in [-0.4, -0.2) is 65.5 Å². The number of hydrogen-bond donors (Lipinski definition) is 1. The van der Waals surface area contributed by atoms with Crippen molar-refractivity contribution in [2.24, 2.45) is 0 Å². The molecule has 2 fully saturated rings. The molecule has 1 amide bonds. The zero-order chi connectivity index (χ0) is 15.8. The predicted octanol–water partition coefficient (Wildman–Crippen LogP) is 1.24. The molecule has 3 heterocycles. The number of H-pyrrole nitrogens is 1. The molecular weight excluding hydrogens is 294 g/mol. The van der Waals surface area contributed by atoms with Crippen LogP contribution >= 0.6 is 0 Å². The van der Waals surface area contributed by atoms with Crippen molar-refractivity contribution in [1.82, 2.24) is 14.8 Å².